The zero-order valence-electron chi connectivity index (χ0n) is 27.1. The number of allylic oxidation sites excluding steroid dienone is 2. The molecule has 1 heterocycles. The van der Waals surface area contributed by atoms with Crippen LogP contribution in [0.3, 0.4) is 0 Å². The zero-order valence-corrected chi connectivity index (χ0v) is 27.9. The molecule has 5 aromatic rings. The lowest BCUT2D eigenvalue weighted by Gasteiger charge is -2.39. The minimum absolute atomic E-state index is 0.187. The van der Waals surface area contributed by atoms with Gasteiger partial charge in [-0.15, -0.1) is 0 Å². The number of Topliss-reactive ketones (excluding diaryl/α,β-unsaturated/α-hetero) is 1. The van der Waals surface area contributed by atoms with Crippen molar-refractivity contribution in [2.24, 2.45) is 11.8 Å². The van der Waals surface area contributed by atoms with Gasteiger partial charge in [0.05, 0.1) is 42.6 Å². The molecule has 6 nitrogen and oxygen atoms in total. The van der Waals surface area contributed by atoms with Crippen molar-refractivity contribution in [2.45, 2.75) is 17.8 Å². The molecular weight excluding hydrogens is 634 g/mol. The van der Waals surface area contributed by atoms with Crippen molar-refractivity contribution in [1.82, 2.24) is 0 Å². The summed E-state index contributed by atoms with van der Waals surface area (Å²) in [5.41, 5.74) is 2.37. The Kier molecular flexibility index (Phi) is 7.12. The lowest BCUT2D eigenvalue weighted by molar-refractivity contribution is -0.130. The normalized spacial score (nSPS) is 24.1. The highest BCUT2D eigenvalue weighted by atomic mass is 35.5. The maximum atomic E-state index is 16.1. The molecule has 2 fully saturated rings. The van der Waals surface area contributed by atoms with Gasteiger partial charge in [-0.3, -0.25) is 14.4 Å². The molecule has 49 heavy (non-hydrogen) atoms. The van der Waals surface area contributed by atoms with E-state index in [1.165, 1.54) is 4.90 Å². The number of carbonyl (C=O) groups is 3. The van der Waals surface area contributed by atoms with E-state index in [0.29, 0.717) is 44.5 Å². The Hall–Kier alpha value is -5.46. The van der Waals surface area contributed by atoms with Crippen molar-refractivity contribution >= 4 is 46.0 Å². The van der Waals surface area contributed by atoms with Gasteiger partial charge in [0.25, 0.3) is 0 Å². The predicted octanol–water partition coefficient (Wildman–Crippen LogP) is 7.85. The molecule has 3 aliphatic rings. The molecule has 0 N–H and O–H groups in total. The van der Waals surface area contributed by atoms with Crippen LogP contribution in [0.25, 0.3) is 11.1 Å². The Morgan fingerprint density at radius 3 is 1.43 bits per heavy atom. The smallest absolute Gasteiger partial charge is 0.239 e. The number of hydrogen-bond donors (Lipinski definition) is 0. The van der Waals surface area contributed by atoms with Crippen molar-refractivity contribution in [2.75, 3.05) is 19.1 Å². The van der Waals surface area contributed by atoms with E-state index in [1.54, 1.807) is 32.4 Å². The van der Waals surface area contributed by atoms with Crippen LogP contribution in [-0.2, 0) is 25.2 Å². The fourth-order valence-corrected chi connectivity index (χ4v) is 8.87. The van der Waals surface area contributed by atoms with E-state index in [1.807, 2.05) is 116 Å². The number of aryl methyl sites for hydroxylation is 1. The third kappa shape index (κ3) is 4.04. The summed E-state index contributed by atoms with van der Waals surface area (Å²) < 4.78 is 11.0. The van der Waals surface area contributed by atoms with Crippen molar-refractivity contribution < 1.29 is 23.9 Å². The first-order valence-corrected chi connectivity index (χ1v) is 16.5. The van der Waals surface area contributed by atoms with E-state index in [0.717, 1.165) is 16.7 Å². The summed E-state index contributed by atoms with van der Waals surface area (Å²) in [6.07, 6.45) is 0. The van der Waals surface area contributed by atoms with Crippen LogP contribution in [0.2, 0.25) is 5.02 Å². The number of hydrogen-bond acceptors (Lipinski definition) is 5. The summed E-state index contributed by atoms with van der Waals surface area (Å²) >= 11 is 6.47. The maximum Gasteiger partial charge on any atom is 0.239 e. The van der Waals surface area contributed by atoms with E-state index < -0.39 is 34.5 Å². The van der Waals surface area contributed by atoms with Crippen LogP contribution in [0, 0.1) is 18.8 Å². The second-order valence-corrected chi connectivity index (χ2v) is 13.2. The largest absolute Gasteiger partial charge is 0.497 e. The predicted molar refractivity (Wildman–Crippen MR) is 190 cm³/mol. The lowest BCUT2D eigenvalue weighted by Crippen LogP contribution is -2.45. The molecule has 5 aromatic carbocycles. The first-order valence-electron chi connectivity index (χ1n) is 16.1. The molecule has 1 saturated heterocycles. The molecule has 0 radical (unpaired) electrons. The molecular formula is C42H32ClNO5. The number of ether oxygens (including phenoxy) is 2. The summed E-state index contributed by atoms with van der Waals surface area (Å²) in [4.78, 5) is 47.7. The molecule has 0 spiro atoms. The molecule has 8 rings (SSSR count). The number of benzene rings is 5. The third-order valence-corrected chi connectivity index (χ3v) is 10.9. The highest BCUT2D eigenvalue weighted by Crippen LogP contribution is 2.74. The average molecular weight is 666 g/mol. The topological polar surface area (TPSA) is 72.9 Å². The van der Waals surface area contributed by atoms with Gasteiger partial charge in [-0.1, -0.05) is 103 Å². The quantitative estimate of drug-likeness (QED) is 0.166. The number of halogens is 1. The van der Waals surface area contributed by atoms with Gasteiger partial charge in [-0.25, -0.2) is 4.90 Å². The molecule has 4 atom stereocenters. The van der Waals surface area contributed by atoms with Gasteiger partial charge < -0.3 is 9.47 Å². The summed E-state index contributed by atoms with van der Waals surface area (Å²) in [6.45, 7) is 1.85. The van der Waals surface area contributed by atoms with Crippen LogP contribution in [0.4, 0.5) is 5.69 Å². The molecule has 7 heteroatoms. The van der Waals surface area contributed by atoms with Crippen LogP contribution in [0.15, 0.2) is 127 Å². The molecule has 2 amide bonds. The second kappa shape index (κ2) is 11.3. The SMILES string of the molecule is COc1ccc(C2=C(c3ccc(OC)cc3)[C@@]3(c4ccccc4)C(=O)[C@@]2(c2ccccc2)[C@@H]2C(=O)N(c4cc(Cl)ccc4C)C(=O)[C@H]23)cc1. The monoisotopic (exact) mass is 665 g/mol. The van der Waals surface area contributed by atoms with Crippen molar-refractivity contribution in [3.63, 3.8) is 0 Å². The average Bonchev–Trinajstić information content (AvgIpc) is 3.65. The van der Waals surface area contributed by atoms with Crippen LogP contribution in [-0.4, -0.2) is 31.8 Å². The number of anilines is 1. The Labute approximate surface area is 289 Å². The molecule has 0 aromatic heterocycles. The Morgan fingerprint density at radius 2 is 1.02 bits per heavy atom. The van der Waals surface area contributed by atoms with Gasteiger partial charge >= 0.3 is 0 Å². The first kappa shape index (κ1) is 30.8. The molecule has 242 valence electrons. The Balaban J connectivity index is 1.55. The fraction of sp³-hybridized carbons (Fsp3) is 0.167. The standard InChI is InChI=1S/C42H32ClNO5/c1-25-14-19-30(43)24-33(25)44-38(45)36-37(39(44)46)42(29-12-8-5-9-13-29)35(27-17-22-32(49-3)23-18-27)34(26-15-20-31(48-2)21-16-26)41(36,40(42)47)28-10-6-4-7-11-28/h4-24,36-37H,1-3H3/t36-,37-,41+,42+/m0/s1. The lowest BCUT2D eigenvalue weighted by atomic mass is 9.59. The van der Waals surface area contributed by atoms with Gasteiger partial charge in [-0.2, -0.15) is 0 Å². The van der Waals surface area contributed by atoms with Crippen LogP contribution in [0.1, 0.15) is 27.8 Å². The van der Waals surface area contributed by atoms with Crippen molar-refractivity contribution in [1.29, 1.82) is 0 Å². The van der Waals surface area contributed by atoms with Gasteiger partial charge in [-0.05, 0) is 82.3 Å². The minimum Gasteiger partial charge on any atom is -0.497 e. The molecule has 2 aliphatic carbocycles. The highest BCUT2D eigenvalue weighted by molar-refractivity contribution is 6.39. The van der Waals surface area contributed by atoms with Crippen LogP contribution >= 0.6 is 11.6 Å². The van der Waals surface area contributed by atoms with E-state index >= 15 is 14.4 Å². The summed E-state index contributed by atoms with van der Waals surface area (Å²) in [7, 11) is 3.21. The van der Waals surface area contributed by atoms with E-state index in [-0.39, 0.29) is 5.78 Å². The number of amides is 2. The van der Waals surface area contributed by atoms with Crippen LogP contribution < -0.4 is 14.4 Å². The molecule has 2 bridgehead atoms. The van der Waals surface area contributed by atoms with Gasteiger partial charge in [0.1, 0.15) is 11.5 Å². The van der Waals surface area contributed by atoms with Crippen LogP contribution in [0.5, 0.6) is 11.5 Å². The van der Waals surface area contributed by atoms with Gasteiger partial charge in [0.2, 0.25) is 11.8 Å². The maximum absolute atomic E-state index is 16.1. The summed E-state index contributed by atoms with van der Waals surface area (Å²) in [6, 6.07) is 39.3. The second-order valence-electron chi connectivity index (χ2n) is 12.8. The third-order valence-electron chi connectivity index (χ3n) is 10.6. The van der Waals surface area contributed by atoms with E-state index in [9.17, 15) is 0 Å². The molecule has 1 saturated carbocycles. The number of imide groups is 1. The Bertz CT molecular complexity index is 2050. The Morgan fingerprint density at radius 1 is 0.592 bits per heavy atom. The molecule has 0 unspecified atom stereocenters. The number of rotatable bonds is 7. The fourth-order valence-electron chi connectivity index (χ4n) is 8.70. The first-order chi connectivity index (χ1) is 23.8. The highest BCUT2D eigenvalue weighted by Gasteiger charge is 2.82. The van der Waals surface area contributed by atoms with Crippen molar-refractivity contribution in [3.05, 3.63) is 160 Å². The molecule has 1 aliphatic heterocycles. The summed E-state index contributed by atoms with van der Waals surface area (Å²) in [5.74, 6) is -1.79. The van der Waals surface area contributed by atoms with Gasteiger partial charge in [0.15, 0.2) is 5.78 Å². The number of carbonyl (C=O) groups excluding carboxylic acids is 3. The summed E-state index contributed by atoms with van der Waals surface area (Å²) in [5, 5.41) is 0.406. The van der Waals surface area contributed by atoms with Gasteiger partial charge in [0, 0.05) is 5.02 Å². The minimum atomic E-state index is -1.51. The number of fused-ring (bicyclic) bond motifs is 5. The number of ketones is 1. The zero-order chi connectivity index (χ0) is 34.1. The van der Waals surface area contributed by atoms with Crippen molar-refractivity contribution in [3.8, 4) is 11.5 Å². The van der Waals surface area contributed by atoms with E-state index in [4.69, 9.17) is 21.1 Å². The van der Waals surface area contributed by atoms with E-state index in [2.05, 4.69) is 0 Å². The number of nitrogens with zero attached hydrogens (tertiary/aromatic N) is 1. The number of methoxy groups -OCH3 is 2.